The van der Waals surface area contributed by atoms with Gasteiger partial charge in [0.05, 0.1) is 5.69 Å². The molecule has 0 unspecified atom stereocenters. The van der Waals surface area contributed by atoms with Crippen LogP contribution in [-0.4, -0.2) is 41.4 Å². The van der Waals surface area contributed by atoms with Crippen LogP contribution in [0.2, 0.25) is 0 Å². The Hall–Kier alpha value is -2.01. The molecule has 0 aliphatic carbocycles. The largest absolute Gasteiger partial charge is 0.354 e. The lowest BCUT2D eigenvalue weighted by Crippen LogP contribution is -2.28. The number of nitrogens with zero attached hydrogens (tertiary/aromatic N) is 4. The van der Waals surface area contributed by atoms with Crippen molar-refractivity contribution in [1.29, 1.82) is 0 Å². The molecule has 1 aliphatic rings. The Morgan fingerprint density at radius 1 is 0.947 bits per heavy atom. The quantitative estimate of drug-likeness (QED) is 0.877. The first-order chi connectivity index (χ1) is 9.43. The van der Waals surface area contributed by atoms with Crippen LogP contribution in [0.1, 0.15) is 6.42 Å². The van der Waals surface area contributed by atoms with Crippen LogP contribution in [0.25, 0.3) is 11.3 Å². The second kappa shape index (κ2) is 5.75. The average molecular weight is 255 g/mol. The Kier molecular flexibility index (Phi) is 3.65. The van der Waals surface area contributed by atoms with Gasteiger partial charge in [0.1, 0.15) is 0 Å². The van der Waals surface area contributed by atoms with Gasteiger partial charge >= 0.3 is 0 Å². The zero-order valence-corrected chi connectivity index (χ0v) is 10.8. The summed E-state index contributed by atoms with van der Waals surface area (Å²) in [7, 11) is 0. The van der Waals surface area contributed by atoms with Crippen molar-refractivity contribution in [2.24, 2.45) is 0 Å². The fraction of sp³-hybridized carbons (Fsp3) is 0.357. The normalized spacial score (nSPS) is 16.1. The summed E-state index contributed by atoms with van der Waals surface area (Å²) in [5, 5.41) is 12.1. The molecule has 1 fully saturated rings. The van der Waals surface area contributed by atoms with E-state index in [-0.39, 0.29) is 0 Å². The van der Waals surface area contributed by atoms with Gasteiger partial charge in [-0.2, -0.15) is 0 Å². The fourth-order valence-corrected chi connectivity index (χ4v) is 2.25. The van der Waals surface area contributed by atoms with E-state index in [1.807, 2.05) is 24.3 Å². The minimum Gasteiger partial charge on any atom is -0.354 e. The molecule has 2 aromatic heterocycles. The fourth-order valence-electron chi connectivity index (χ4n) is 2.25. The van der Waals surface area contributed by atoms with E-state index >= 15 is 0 Å². The minimum atomic E-state index is 0.888. The maximum atomic E-state index is 4.35. The van der Waals surface area contributed by atoms with Crippen LogP contribution in [-0.2, 0) is 0 Å². The smallest absolute Gasteiger partial charge is 0.151 e. The summed E-state index contributed by atoms with van der Waals surface area (Å²) in [6.07, 6.45) is 4.69. The van der Waals surface area contributed by atoms with Gasteiger partial charge in [0.2, 0.25) is 0 Å². The number of aromatic nitrogens is 3. The highest BCUT2D eigenvalue weighted by Crippen LogP contribution is 2.17. The van der Waals surface area contributed by atoms with Crippen molar-refractivity contribution in [1.82, 2.24) is 20.5 Å². The zero-order valence-electron chi connectivity index (χ0n) is 10.8. The van der Waals surface area contributed by atoms with Crippen LogP contribution in [0, 0.1) is 0 Å². The van der Waals surface area contributed by atoms with E-state index in [1.165, 1.54) is 0 Å². The lowest BCUT2D eigenvalue weighted by molar-refractivity contribution is 0.724. The summed E-state index contributed by atoms with van der Waals surface area (Å²) in [6, 6.07) is 7.96. The average Bonchev–Trinajstić information content (AvgIpc) is 2.77. The first kappa shape index (κ1) is 12.0. The van der Waals surface area contributed by atoms with Gasteiger partial charge in [-0.15, -0.1) is 10.2 Å². The molecule has 1 aliphatic heterocycles. The first-order valence-electron chi connectivity index (χ1n) is 6.63. The zero-order chi connectivity index (χ0) is 12.9. The lowest BCUT2D eigenvalue weighted by Gasteiger charge is -2.20. The Morgan fingerprint density at radius 2 is 1.84 bits per heavy atom. The van der Waals surface area contributed by atoms with Gasteiger partial charge in [0, 0.05) is 37.6 Å². The van der Waals surface area contributed by atoms with E-state index in [0.717, 1.165) is 49.7 Å². The lowest BCUT2D eigenvalue weighted by atomic mass is 10.2. The summed E-state index contributed by atoms with van der Waals surface area (Å²) >= 11 is 0. The maximum absolute atomic E-state index is 4.35. The molecule has 1 saturated heterocycles. The molecule has 19 heavy (non-hydrogen) atoms. The van der Waals surface area contributed by atoms with E-state index in [1.54, 1.807) is 12.4 Å². The molecular formula is C14H17N5. The molecule has 5 heteroatoms. The third-order valence-corrected chi connectivity index (χ3v) is 3.29. The first-order valence-corrected chi connectivity index (χ1v) is 6.63. The molecule has 0 spiro atoms. The van der Waals surface area contributed by atoms with E-state index < -0.39 is 0 Å². The molecule has 0 bridgehead atoms. The van der Waals surface area contributed by atoms with Gasteiger partial charge in [-0.3, -0.25) is 4.98 Å². The second-order valence-electron chi connectivity index (χ2n) is 4.60. The van der Waals surface area contributed by atoms with Crippen molar-refractivity contribution < 1.29 is 0 Å². The van der Waals surface area contributed by atoms with Crippen molar-refractivity contribution in [3.8, 4) is 11.3 Å². The minimum absolute atomic E-state index is 0.888. The van der Waals surface area contributed by atoms with E-state index in [9.17, 15) is 0 Å². The van der Waals surface area contributed by atoms with Crippen LogP contribution in [0.4, 0.5) is 5.82 Å². The predicted molar refractivity (Wildman–Crippen MR) is 75.0 cm³/mol. The number of pyridine rings is 1. The molecule has 3 rings (SSSR count). The number of nitrogens with one attached hydrogen (secondary N) is 1. The topological polar surface area (TPSA) is 53.9 Å². The highest BCUT2D eigenvalue weighted by molar-refractivity contribution is 5.58. The standard InChI is InChI=1S/C14H17N5/c1-6-15-9-11-19(10-1)14-3-2-13(17-18-14)12-4-7-16-8-5-12/h2-5,7-8,15H,1,6,9-11H2. The van der Waals surface area contributed by atoms with Crippen LogP contribution >= 0.6 is 0 Å². The summed E-state index contributed by atoms with van der Waals surface area (Å²) in [4.78, 5) is 6.29. The highest BCUT2D eigenvalue weighted by atomic mass is 15.3. The molecule has 0 aromatic carbocycles. The molecule has 3 heterocycles. The summed E-state index contributed by atoms with van der Waals surface area (Å²) in [5.41, 5.74) is 1.94. The number of anilines is 1. The van der Waals surface area contributed by atoms with Crippen molar-refractivity contribution in [2.75, 3.05) is 31.1 Å². The monoisotopic (exact) mass is 255 g/mol. The van der Waals surface area contributed by atoms with Crippen molar-refractivity contribution in [3.05, 3.63) is 36.7 Å². The van der Waals surface area contributed by atoms with Gasteiger partial charge < -0.3 is 10.2 Å². The van der Waals surface area contributed by atoms with Crippen molar-refractivity contribution in [2.45, 2.75) is 6.42 Å². The maximum Gasteiger partial charge on any atom is 0.151 e. The van der Waals surface area contributed by atoms with Gasteiger partial charge in [-0.25, -0.2) is 0 Å². The highest BCUT2D eigenvalue weighted by Gasteiger charge is 2.11. The Balaban J connectivity index is 1.78. The van der Waals surface area contributed by atoms with E-state index in [4.69, 9.17) is 0 Å². The molecule has 0 atom stereocenters. The molecule has 0 saturated carbocycles. The van der Waals surface area contributed by atoms with Crippen LogP contribution in [0.15, 0.2) is 36.7 Å². The predicted octanol–water partition coefficient (Wildman–Crippen LogP) is 1.34. The SMILES string of the molecule is c1cc(-c2ccc(N3CCCNCC3)nn2)ccn1. The Labute approximate surface area is 112 Å². The summed E-state index contributed by atoms with van der Waals surface area (Å²) in [5.74, 6) is 0.960. The van der Waals surface area contributed by atoms with E-state index in [2.05, 4.69) is 25.4 Å². The Bertz CT molecular complexity index is 503. The summed E-state index contributed by atoms with van der Waals surface area (Å²) in [6.45, 7) is 4.12. The van der Waals surface area contributed by atoms with Gasteiger partial charge in [-0.05, 0) is 37.2 Å². The number of hydrogen-bond acceptors (Lipinski definition) is 5. The molecule has 98 valence electrons. The van der Waals surface area contributed by atoms with Gasteiger partial charge in [0.15, 0.2) is 5.82 Å². The number of rotatable bonds is 2. The van der Waals surface area contributed by atoms with Crippen LogP contribution < -0.4 is 10.2 Å². The number of hydrogen-bond donors (Lipinski definition) is 1. The molecule has 0 amide bonds. The third kappa shape index (κ3) is 2.88. The Morgan fingerprint density at radius 3 is 2.63 bits per heavy atom. The van der Waals surface area contributed by atoms with Crippen LogP contribution in [0.5, 0.6) is 0 Å². The van der Waals surface area contributed by atoms with Gasteiger partial charge in [-0.1, -0.05) is 0 Å². The summed E-state index contributed by atoms with van der Waals surface area (Å²) < 4.78 is 0. The molecular weight excluding hydrogens is 238 g/mol. The second-order valence-corrected chi connectivity index (χ2v) is 4.60. The molecule has 1 N–H and O–H groups in total. The molecule has 5 nitrogen and oxygen atoms in total. The van der Waals surface area contributed by atoms with Gasteiger partial charge in [0.25, 0.3) is 0 Å². The third-order valence-electron chi connectivity index (χ3n) is 3.29. The van der Waals surface area contributed by atoms with Crippen molar-refractivity contribution >= 4 is 5.82 Å². The van der Waals surface area contributed by atoms with Crippen LogP contribution in [0.3, 0.4) is 0 Å². The van der Waals surface area contributed by atoms with E-state index in [0.29, 0.717) is 0 Å². The molecule has 0 radical (unpaired) electrons. The van der Waals surface area contributed by atoms with Crippen molar-refractivity contribution in [3.63, 3.8) is 0 Å². The molecule has 2 aromatic rings.